The first kappa shape index (κ1) is 14.0. The lowest BCUT2D eigenvalue weighted by Gasteiger charge is -2.25. The van der Waals surface area contributed by atoms with Gasteiger partial charge in [0.1, 0.15) is 0 Å². The summed E-state index contributed by atoms with van der Waals surface area (Å²) in [6, 6.07) is 7.72. The Morgan fingerprint density at radius 1 is 1.53 bits per heavy atom. The van der Waals surface area contributed by atoms with Gasteiger partial charge in [-0.3, -0.25) is 4.90 Å². The van der Waals surface area contributed by atoms with Crippen LogP contribution in [-0.4, -0.2) is 42.3 Å². The van der Waals surface area contributed by atoms with Crippen LogP contribution < -0.4 is 0 Å². The summed E-state index contributed by atoms with van der Waals surface area (Å²) < 4.78 is 4.73. The Hall–Kier alpha value is -1.39. The zero-order chi connectivity index (χ0) is 13.8. The normalized spacial score (nSPS) is 23.5. The smallest absolute Gasteiger partial charge is 0.337 e. The maximum Gasteiger partial charge on any atom is 0.337 e. The van der Waals surface area contributed by atoms with E-state index < -0.39 is 0 Å². The van der Waals surface area contributed by atoms with Crippen molar-refractivity contribution in [2.24, 2.45) is 5.92 Å². The molecule has 2 rings (SSSR count). The van der Waals surface area contributed by atoms with Gasteiger partial charge in [-0.25, -0.2) is 4.79 Å². The minimum absolute atomic E-state index is 0.192. The number of methoxy groups -OCH3 is 1. The van der Waals surface area contributed by atoms with Crippen LogP contribution in [0.2, 0.25) is 0 Å². The number of carbonyl (C=O) groups is 1. The summed E-state index contributed by atoms with van der Waals surface area (Å²) in [6.45, 7) is 4.12. The second kappa shape index (κ2) is 6.17. The highest BCUT2D eigenvalue weighted by atomic mass is 16.5. The van der Waals surface area contributed by atoms with Crippen LogP contribution in [-0.2, 0) is 11.3 Å². The van der Waals surface area contributed by atoms with Crippen LogP contribution in [0, 0.1) is 5.92 Å². The van der Waals surface area contributed by atoms with E-state index in [9.17, 15) is 9.90 Å². The highest BCUT2D eigenvalue weighted by molar-refractivity contribution is 5.89. The molecule has 4 heteroatoms. The third kappa shape index (κ3) is 3.14. The molecular formula is C15H21NO3. The van der Waals surface area contributed by atoms with Gasteiger partial charge < -0.3 is 9.84 Å². The Labute approximate surface area is 114 Å². The molecule has 1 aliphatic heterocycles. The van der Waals surface area contributed by atoms with E-state index in [2.05, 4.69) is 11.8 Å². The second-order valence-corrected chi connectivity index (χ2v) is 5.18. The Morgan fingerprint density at radius 3 is 3.00 bits per heavy atom. The maximum absolute atomic E-state index is 11.5. The quantitative estimate of drug-likeness (QED) is 0.840. The van der Waals surface area contributed by atoms with Crippen molar-refractivity contribution >= 4 is 5.97 Å². The number of carbonyl (C=O) groups excluding carboxylic acids is 1. The number of nitrogens with zero attached hydrogens (tertiary/aromatic N) is 1. The van der Waals surface area contributed by atoms with Gasteiger partial charge in [0.15, 0.2) is 0 Å². The topological polar surface area (TPSA) is 49.8 Å². The minimum Gasteiger partial charge on any atom is -0.465 e. The third-order valence-corrected chi connectivity index (χ3v) is 3.92. The van der Waals surface area contributed by atoms with Gasteiger partial charge in [-0.15, -0.1) is 0 Å². The van der Waals surface area contributed by atoms with Crippen molar-refractivity contribution in [3.63, 3.8) is 0 Å². The molecule has 1 saturated heterocycles. The molecule has 2 unspecified atom stereocenters. The molecular weight excluding hydrogens is 242 g/mol. The monoisotopic (exact) mass is 263 g/mol. The molecule has 0 aliphatic carbocycles. The molecule has 1 aliphatic rings. The van der Waals surface area contributed by atoms with Crippen molar-refractivity contribution in [1.82, 2.24) is 4.90 Å². The average molecular weight is 263 g/mol. The molecule has 0 saturated carbocycles. The molecule has 2 atom stereocenters. The van der Waals surface area contributed by atoms with Crippen molar-refractivity contribution in [3.05, 3.63) is 35.4 Å². The molecule has 0 spiro atoms. The van der Waals surface area contributed by atoms with E-state index in [1.54, 1.807) is 6.07 Å². The van der Waals surface area contributed by atoms with Crippen molar-refractivity contribution in [2.45, 2.75) is 25.9 Å². The Bertz CT molecular complexity index is 447. The van der Waals surface area contributed by atoms with E-state index in [0.717, 1.165) is 25.1 Å². The Kier molecular flexibility index (Phi) is 4.56. The van der Waals surface area contributed by atoms with Crippen LogP contribution in [0.1, 0.15) is 29.3 Å². The van der Waals surface area contributed by atoms with Gasteiger partial charge in [-0.1, -0.05) is 19.1 Å². The first-order chi connectivity index (χ1) is 9.15. The van der Waals surface area contributed by atoms with Crippen LogP contribution in [0.4, 0.5) is 0 Å². The second-order valence-electron chi connectivity index (χ2n) is 5.18. The Balaban J connectivity index is 2.09. The van der Waals surface area contributed by atoms with Crippen molar-refractivity contribution in [1.29, 1.82) is 0 Å². The van der Waals surface area contributed by atoms with E-state index in [1.807, 2.05) is 18.2 Å². The third-order valence-electron chi connectivity index (χ3n) is 3.92. The summed E-state index contributed by atoms with van der Waals surface area (Å²) in [7, 11) is 1.39. The molecule has 1 heterocycles. The van der Waals surface area contributed by atoms with Crippen LogP contribution in [0.15, 0.2) is 24.3 Å². The summed E-state index contributed by atoms with van der Waals surface area (Å²) >= 11 is 0. The highest BCUT2D eigenvalue weighted by Gasteiger charge is 2.30. The van der Waals surface area contributed by atoms with Crippen molar-refractivity contribution < 1.29 is 14.6 Å². The van der Waals surface area contributed by atoms with Gasteiger partial charge in [-0.05, 0) is 36.6 Å². The average Bonchev–Trinajstić information content (AvgIpc) is 2.78. The van der Waals surface area contributed by atoms with Gasteiger partial charge in [0.2, 0.25) is 0 Å². The zero-order valence-corrected chi connectivity index (χ0v) is 11.5. The number of likely N-dealkylation sites (tertiary alicyclic amines) is 1. The largest absolute Gasteiger partial charge is 0.465 e. The number of aliphatic hydroxyl groups is 1. The number of hydrogen-bond acceptors (Lipinski definition) is 4. The molecule has 1 aromatic carbocycles. The van der Waals surface area contributed by atoms with E-state index in [4.69, 9.17) is 4.74 Å². The summed E-state index contributed by atoms with van der Waals surface area (Å²) in [5.41, 5.74) is 1.66. The number of benzene rings is 1. The molecule has 4 nitrogen and oxygen atoms in total. The van der Waals surface area contributed by atoms with E-state index in [-0.39, 0.29) is 18.6 Å². The summed E-state index contributed by atoms with van der Waals surface area (Å²) in [6.07, 6.45) is 1.11. The molecule has 19 heavy (non-hydrogen) atoms. The van der Waals surface area contributed by atoms with Crippen LogP contribution in [0.5, 0.6) is 0 Å². The summed E-state index contributed by atoms with van der Waals surface area (Å²) in [5, 5.41) is 9.45. The molecule has 104 valence electrons. The molecule has 1 fully saturated rings. The number of ether oxygens (including phenoxy) is 1. The maximum atomic E-state index is 11.5. The fourth-order valence-electron chi connectivity index (χ4n) is 2.73. The van der Waals surface area contributed by atoms with Gasteiger partial charge in [-0.2, -0.15) is 0 Å². The number of hydrogen-bond donors (Lipinski definition) is 1. The zero-order valence-electron chi connectivity index (χ0n) is 11.5. The highest BCUT2D eigenvalue weighted by Crippen LogP contribution is 2.25. The Morgan fingerprint density at radius 2 is 2.32 bits per heavy atom. The fourth-order valence-corrected chi connectivity index (χ4v) is 2.73. The lowest BCUT2D eigenvalue weighted by molar-refractivity contribution is 0.0600. The lowest BCUT2D eigenvalue weighted by atomic mass is 10.0. The van der Waals surface area contributed by atoms with Gasteiger partial charge in [0, 0.05) is 12.6 Å². The van der Waals surface area contributed by atoms with E-state index in [0.29, 0.717) is 11.5 Å². The van der Waals surface area contributed by atoms with Crippen molar-refractivity contribution in [3.8, 4) is 0 Å². The van der Waals surface area contributed by atoms with Gasteiger partial charge in [0.05, 0.1) is 19.3 Å². The molecule has 0 aromatic heterocycles. The van der Waals surface area contributed by atoms with Crippen molar-refractivity contribution in [2.75, 3.05) is 20.3 Å². The minimum atomic E-state index is -0.310. The van der Waals surface area contributed by atoms with Gasteiger partial charge >= 0.3 is 5.97 Å². The molecule has 0 amide bonds. The molecule has 0 radical (unpaired) electrons. The number of esters is 1. The predicted octanol–water partition coefficient (Wildman–Crippen LogP) is 1.68. The first-order valence-corrected chi connectivity index (χ1v) is 6.68. The summed E-state index contributed by atoms with van der Waals surface area (Å²) in [4.78, 5) is 13.8. The van der Waals surface area contributed by atoms with Crippen LogP contribution in [0.3, 0.4) is 0 Å². The fraction of sp³-hybridized carbons (Fsp3) is 0.533. The van der Waals surface area contributed by atoms with E-state index >= 15 is 0 Å². The molecule has 0 bridgehead atoms. The number of rotatable bonds is 4. The molecule has 1 aromatic rings. The predicted molar refractivity (Wildman–Crippen MR) is 72.8 cm³/mol. The first-order valence-electron chi connectivity index (χ1n) is 6.68. The summed E-state index contributed by atoms with van der Waals surface area (Å²) in [5.74, 6) is 0.212. The van der Waals surface area contributed by atoms with E-state index in [1.165, 1.54) is 7.11 Å². The SMILES string of the molecule is COC(=O)c1cccc(CN2CCC(C)C2CO)c1. The molecule has 1 N–H and O–H groups in total. The van der Waals surface area contributed by atoms with Crippen LogP contribution >= 0.6 is 0 Å². The standard InChI is InChI=1S/C15H21NO3/c1-11-6-7-16(14(11)10-17)9-12-4-3-5-13(8-12)15(18)19-2/h3-5,8,11,14,17H,6-7,9-10H2,1-2H3. The lowest BCUT2D eigenvalue weighted by Crippen LogP contribution is -2.34. The van der Waals surface area contributed by atoms with Crippen LogP contribution in [0.25, 0.3) is 0 Å². The van der Waals surface area contributed by atoms with Gasteiger partial charge in [0.25, 0.3) is 0 Å². The number of aliphatic hydroxyl groups excluding tert-OH is 1.